The molecule has 2 rings (SSSR count). The number of urea groups is 1. The Hall–Kier alpha value is -2.40. The Morgan fingerprint density at radius 2 is 1.82 bits per heavy atom. The van der Waals surface area contributed by atoms with Crippen LogP contribution in [0.4, 0.5) is 10.5 Å². The Morgan fingerprint density at radius 3 is 2.50 bits per heavy atom. The maximum absolute atomic E-state index is 11.9. The predicted octanol–water partition coefficient (Wildman–Crippen LogP) is 3.68. The van der Waals surface area contributed by atoms with Gasteiger partial charge >= 0.3 is 6.03 Å². The fraction of sp³-hybridized carbons (Fsp3) is 0.188. The van der Waals surface area contributed by atoms with E-state index >= 15 is 0 Å². The minimum absolute atomic E-state index is 0.327. The summed E-state index contributed by atoms with van der Waals surface area (Å²) in [6.07, 6.45) is 0. The molecule has 2 N–H and O–H groups in total. The largest absolute Gasteiger partial charge is 0.493 e. The van der Waals surface area contributed by atoms with Crippen LogP contribution in [0, 0.1) is 0 Å². The van der Waals surface area contributed by atoms with Crippen molar-refractivity contribution in [2.24, 2.45) is 0 Å². The molecule has 5 nitrogen and oxygen atoms in total. The quantitative estimate of drug-likeness (QED) is 0.883. The second-order valence-electron chi connectivity index (χ2n) is 4.47. The van der Waals surface area contributed by atoms with E-state index < -0.39 is 0 Å². The molecule has 0 unspecified atom stereocenters. The summed E-state index contributed by atoms with van der Waals surface area (Å²) in [7, 11) is 3.10. The third-order valence-electron chi connectivity index (χ3n) is 3.04. The van der Waals surface area contributed by atoms with Crippen LogP contribution in [0.15, 0.2) is 42.5 Å². The van der Waals surface area contributed by atoms with Crippen LogP contribution in [-0.2, 0) is 6.54 Å². The molecule has 116 valence electrons. The van der Waals surface area contributed by atoms with E-state index in [0.717, 1.165) is 5.56 Å². The number of hydrogen-bond donors (Lipinski definition) is 2. The van der Waals surface area contributed by atoms with Crippen molar-refractivity contribution in [3.8, 4) is 11.5 Å². The van der Waals surface area contributed by atoms with E-state index in [4.69, 9.17) is 21.1 Å². The lowest BCUT2D eigenvalue weighted by molar-refractivity contribution is 0.251. The molecule has 0 saturated carbocycles. The Labute approximate surface area is 134 Å². The van der Waals surface area contributed by atoms with Gasteiger partial charge in [0.15, 0.2) is 11.5 Å². The molecule has 0 atom stereocenters. The first-order valence-electron chi connectivity index (χ1n) is 6.64. The minimum atomic E-state index is -0.327. The average Bonchev–Trinajstić information content (AvgIpc) is 2.54. The van der Waals surface area contributed by atoms with Gasteiger partial charge in [-0.1, -0.05) is 29.8 Å². The first-order chi connectivity index (χ1) is 10.6. The Kier molecular flexibility index (Phi) is 5.49. The summed E-state index contributed by atoms with van der Waals surface area (Å²) in [5.41, 5.74) is 1.46. The van der Waals surface area contributed by atoms with Gasteiger partial charge < -0.3 is 20.1 Å². The molecule has 2 amide bonds. The molecular formula is C16H17ClN2O3. The number of nitrogens with one attached hydrogen (secondary N) is 2. The highest BCUT2D eigenvalue weighted by molar-refractivity contribution is 6.31. The molecule has 0 aliphatic heterocycles. The van der Waals surface area contributed by atoms with Gasteiger partial charge in [-0.25, -0.2) is 4.79 Å². The molecule has 0 aliphatic carbocycles. The molecule has 0 saturated heterocycles. The van der Waals surface area contributed by atoms with E-state index in [-0.39, 0.29) is 6.03 Å². The Morgan fingerprint density at radius 1 is 1.09 bits per heavy atom. The summed E-state index contributed by atoms with van der Waals surface area (Å²) in [5, 5.41) is 6.10. The van der Waals surface area contributed by atoms with Crippen molar-refractivity contribution in [2.75, 3.05) is 19.5 Å². The van der Waals surface area contributed by atoms with Crippen molar-refractivity contribution >= 4 is 23.3 Å². The lowest BCUT2D eigenvalue weighted by Gasteiger charge is -2.11. The van der Waals surface area contributed by atoms with Gasteiger partial charge in [-0.15, -0.1) is 0 Å². The molecule has 22 heavy (non-hydrogen) atoms. The summed E-state index contributed by atoms with van der Waals surface area (Å²) in [5.74, 6) is 1.15. The van der Waals surface area contributed by atoms with Gasteiger partial charge in [0, 0.05) is 23.3 Å². The highest BCUT2D eigenvalue weighted by atomic mass is 35.5. The zero-order valence-electron chi connectivity index (χ0n) is 12.4. The molecule has 6 heteroatoms. The van der Waals surface area contributed by atoms with Crippen molar-refractivity contribution in [1.82, 2.24) is 5.32 Å². The number of benzene rings is 2. The van der Waals surface area contributed by atoms with Gasteiger partial charge in [-0.2, -0.15) is 0 Å². The normalized spacial score (nSPS) is 9.95. The maximum Gasteiger partial charge on any atom is 0.319 e. The van der Waals surface area contributed by atoms with E-state index in [1.54, 1.807) is 38.5 Å². The lowest BCUT2D eigenvalue weighted by Crippen LogP contribution is -2.28. The highest BCUT2D eigenvalue weighted by Gasteiger charge is 2.07. The van der Waals surface area contributed by atoms with Crippen LogP contribution in [0.3, 0.4) is 0 Å². The zero-order chi connectivity index (χ0) is 15.9. The van der Waals surface area contributed by atoms with Gasteiger partial charge in [0.1, 0.15) is 0 Å². The van der Waals surface area contributed by atoms with Crippen LogP contribution < -0.4 is 20.1 Å². The molecular weight excluding hydrogens is 304 g/mol. The summed E-state index contributed by atoms with van der Waals surface area (Å²) < 4.78 is 10.3. The Balaban J connectivity index is 1.96. The second-order valence-corrected chi connectivity index (χ2v) is 4.88. The molecule has 0 heterocycles. The van der Waals surface area contributed by atoms with E-state index in [0.29, 0.717) is 28.8 Å². The molecule has 0 radical (unpaired) electrons. The van der Waals surface area contributed by atoms with Crippen molar-refractivity contribution in [3.05, 3.63) is 53.1 Å². The van der Waals surface area contributed by atoms with Crippen LogP contribution in [0.1, 0.15) is 5.56 Å². The number of carbonyl (C=O) groups excluding carboxylic acids is 1. The van der Waals surface area contributed by atoms with Gasteiger partial charge in [0.05, 0.1) is 14.2 Å². The number of anilines is 1. The van der Waals surface area contributed by atoms with E-state index in [9.17, 15) is 4.79 Å². The third kappa shape index (κ3) is 4.05. The third-order valence-corrected chi connectivity index (χ3v) is 3.41. The summed E-state index contributed by atoms with van der Waals surface area (Å²) in [6, 6.07) is 12.2. The number of ether oxygens (including phenoxy) is 2. The number of rotatable bonds is 5. The van der Waals surface area contributed by atoms with Crippen LogP contribution in [-0.4, -0.2) is 20.3 Å². The fourth-order valence-electron chi connectivity index (χ4n) is 1.91. The maximum atomic E-state index is 11.9. The molecule has 0 aromatic heterocycles. The summed E-state index contributed by atoms with van der Waals surface area (Å²) in [6.45, 7) is 0.346. The minimum Gasteiger partial charge on any atom is -0.493 e. The zero-order valence-corrected chi connectivity index (χ0v) is 13.1. The van der Waals surface area contributed by atoms with Crippen molar-refractivity contribution < 1.29 is 14.3 Å². The van der Waals surface area contributed by atoms with E-state index in [1.165, 1.54) is 0 Å². The predicted molar refractivity (Wildman–Crippen MR) is 86.9 cm³/mol. The van der Waals surface area contributed by atoms with Crippen molar-refractivity contribution in [3.63, 3.8) is 0 Å². The molecule has 0 bridgehead atoms. The fourth-order valence-corrected chi connectivity index (χ4v) is 2.11. The van der Waals surface area contributed by atoms with Crippen LogP contribution >= 0.6 is 11.6 Å². The number of carbonyl (C=O) groups is 1. The second kappa shape index (κ2) is 7.56. The monoisotopic (exact) mass is 320 g/mol. The van der Waals surface area contributed by atoms with E-state index in [1.807, 2.05) is 18.2 Å². The molecule has 0 fully saturated rings. The van der Waals surface area contributed by atoms with E-state index in [2.05, 4.69) is 10.6 Å². The topological polar surface area (TPSA) is 59.6 Å². The molecule has 2 aromatic carbocycles. The van der Waals surface area contributed by atoms with Crippen molar-refractivity contribution in [2.45, 2.75) is 6.54 Å². The van der Waals surface area contributed by atoms with Gasteiger partial charge in [0.2, 0.25) is 0 Å². The van der Waals surface area contributed by atoms with Gasteiger partial charge in [-0.3, -0.25) is 0 Å². The Bertz CT molecular complexity index is 662. The van der Waals surface area contributed by atoms with Crippen LogP contribution in [0.25, 0.3) is 0 Å². The standard InChI is InChI=1S/C16H17ClN2O3/c1-21-14-8-7-12(9-15(14)22-2)19-16(20)18-10-11-5-3-4-6-13(11)17/h3-9H,10H2,1-2H3,(H2,18,19,20). The number of amides is 2. The van der Waals surface area contributed by atoms with Crippen molar-refractivity contribution in [1.29, 1.82) is 0 Å². The van der Waals surface area contributed by atoms with Crippen LogP contribution in [0.5, 0.6) is 11.5 Å². The number of halogens is 1. The SMILES string of the molecule is COc1ccc(NC(=O)NCc2ccccc2Cl)cc1OC. The smallest absolute Gasteiger partial charge is 0.319 e. The van der Waals surface area contributed by atoms with Gasteiger partial charge in [0.25, 0.3) is 0 Å². The van der Waals surface area contributed by atoms with Gasteiger partial charge in [-0.05, 0) is 23.8 Å². The summed E-state index contributed by atoms with van der Waals surface area (Å²) in [4.78, 5) is 11.9. The first kappa shape index (κ1) is 16.0. The molecule has 2 aromatic rings. The average molecular weight is 321 g/mol. The summed E-state index contributed by atoms with van der Waals surface area (Å²) >= 11 is 6.04. The first-order valence-corrected chi connectivity index (χ1v) is 7.02. The molecule has 0 aliphatic rings. The van der Waals surface area contributed by atoms with Crippen LogP contribution in [0.2, 0.25) is 5.02 Å². The number of methoxy groups -OCH3 is 2. The molecule has 0 spiro atoms. The highest BCUT2D eigenvalue weighted by Crippen LogP contribution is 2.29. The number of hydrogen-bond acceptors (Lipinski definition) is 3. The lowest BCUT2D eigenvalue weighted by atomic mass is 10.2.